The van der Waals surface area contributed by atoms with E-state index in [1.807, 2.05) is 12.3 Å². The largest absolute Gasteiger partial charge is 0.369 e. The summed E-state index contributed by atoms with van der Waals surface area (Å²) >= 11 is 1.65. The Morgan fingerprint density at radius 2 is 1.60 bits per heavy atom. The predicted octanol–water partition coefficient (Wildman–Crippen LogP) is 3.45. The van der Waals surface area contributed by atoms with Gasteiger partial charge in [-0.05, 0) is 60.8 Å². The van der Waals surface area contributed by atoms with Gasteiger partial charge in [-0.15, -0.1) is 0 Å². The number of hydroxylamine groups is 1. The van der Waals surface area contributed by atoms with Gasteiger partial charge in [-0.3, -0.25) is 10.0 Å². The van der Waals surface area contributed by atoms with Gasteiger partial charge in [0.25, 0.3) is 0 Å². The van der Waals surface area contributed by atoms with Crippen molar-refractivity contribution in [2.24, 2.45) is 5.92 Å². The van der Waals surface area contributed by atoms with E-state index in [0.29, 0.717) is 6.42 Å². The van der Waals surface area contributed by atoms with Gasteiger partial charge in [0.05, 0.1) is 5.92 Å². The molecule has 0 saturated carbocycles. The first-order valence-electron chi connectivity index (χ1n) is 10.3. The van der Waals surface area contributed by atoms with Gasteiger partial charge >= 0.3 is 0 Å². The molecule has 1 amide bonds. The zero-order valence-electron chi connectivity index (χ0n) is 17.2. The van der Waals surface area contributed by atoms with Crippen molar-refractivity contribution < 1.29 is 10.0 Å². The Balaban J connectivity index is 1.35. The molecule has 0 spiro atoms. The average Bonchev–Trinajstić information content (AvgIpc) is 2.80. The number of nitrogens with zero attached hydrogens (tertiary/aromatic N) is 3. The van der Waals surface area contributed by atoms with E-state index in [1.54, 1.807) is 17.4 Å². The van der Waals surface area contributed by atoms with Crippen molar-refractivity contribution >= 4 is 23.5 Å². The summed E-state index contributed by atoms with van der Waals surface area (Å²) in [6.45, 7) is 5.15. The van der Waals surface area contributed by atoms with Crippen LogP contribution in [0.3, 0.4) is 0 Å². The highest BCUT2D eigenvalue weighted by molar-refractivity contribution is 7.97. The maximum absolute atomic E-state index is 11.5. The van der Waals surface area contributed by atoms with E-state index in [1.165, 1.54) is 16.8 Å². The molecule has 0 aromatic heterocycles. The Bertz CT molecular complexity index is 877. The van der Waals surface area contributed by atoms with E-state index in [2.05, 4.69) is 69.7 Å². The molecule has 2 aromatic carbocycles. The summed E-state index contributed by atoms with van der Waals surface area (Å²) in [6, 6.07) is 17.4. The molecule has 2 N–H and O–H groups in total. The van der Waals surface area contributed by atoms with Crippen LogP contribution in [0.15, 0.2) is 65.7 Å². The van der Waals surface area contributed by atoms with Crippen LogP contribution in [0, 0.1) is 5.92 Å². The number of carbonyl (C=O) groups is 1. The topological polar surface area (TPSA) is 59.0 Å². The van der Waals surface area contributed by atoms with Gasteiger partial charge in [-0.2, -0.15) is 0 Å². The van der Waals surface area contributed by atoms with Crippen LogP contribution in [0.25, 0.3) is 11.1 Å². The molecular formula is C23H28N4O2S. The van der Waals surface area contributed by atoms with Gasteiger partial charge in [0.2, 0.25) is 5.91 Å². The summed E-state index contributed by atoms with van der Waals surface area (Å²) in [7, 11) is 2.18. The smallest absolute Gasteiger partial charge is 0.250 e. The van der Waals surface area contributed by atoms with Crippen molar-refractivity contribution in [3.05, 3.63) is 60.8 Å². The zero-order valence-corrected chi connectivity index (χ0v) is 18.0. The molecule has 1 fully saturated rings. The Labute approximate surface area is 182 Å². The third kappa shape index (κ3) is 4.98. The minimum Gasteiger partial charge on any atom is -0.369 e. The maximum atomic E-state index is 11.5. The van der Waals surface area contributed by atoms with Crippen LogP contribution in [0.2, 0.25) is 0 Å². The van der Waals surface area contributed by atoms with Crippen molar-refractivity contribution in [3.8, 4) is 11.1 Å². The average molecular weight is 425 g/mol. The van der Waals surface area contributed by atoms with Crippen molar-refractivity contribution in [1.29, 1.82) is 0 Å². The molecule has 158 valence electrons. The fraction of sp³-hybridized carbons (Fsp3) is 0.348. The quantitative estimate of drug-likeness (QED) is 0.436. The Morgan fingerprint density at radius 1 is 0.967 bits per heavy atom. The second-order valence-electron chi connectivity index (χ2n) is 7.81. The molecule has 2 heterocycles. The predicted molar refractivity (Wildman–Crippen MR) is 121 cm³/mol. The molecule has 2 aliphatic rings. The summed E-state index contributed by atoms with van der Waals surface area (Å²) in [4.78, 5) is 17.5. The number of amides is 1. The van der Waals surface area contributed by atoms with E-state index < -0.39 is 0 Å². The highest BCUT2D eigenvalue weighted by Gasteiger charge is 2.20. The van der Waals surface area contributed by atoms with Crippen molar-refractivity contribution in [3.63, 3.8) is 0 Å². The summed E-state index contributed by atoms with van der Waals surface area (Å²) in [5.41, 5.74) is 5.45. The number of anilines is 1. The van der Waals surface area contributed by atoms with Gasteiger partial charge in [0.15, 0.2) is 0 Å². The third-order valence-corrected chi connectivity index (χ3v) is 6.76. The van der Waals surface area contributed by atoms with Crippen LogP contribution >= 0.6 is 11.9 Å². The van der Waals surface area contributed by atoms with E-state index in [0.717, 1.165) is 37.6 Å². The molecule has 2 aromatic rings. The maximum Gasteiger partial charge on any atom is 0.250 e. The number of likely N-dealkylation sites (N-methyl/N-ethyl adjacent to an activating group) is 1. The van der Waals surface area contributed by atoms with Crippen molar-refractivity contribution in [2.75, 3.05) is 44.7 Å². The van der Waals surface area contributed by atoms with Gasteiger partial charge in [0.1, 0.15) is 0 Å². The van der Waals surface area contributed by atoms with Crippen LogP contribution < -0.4 is 10.4 Å². The normalized spacial score (nSPS) is 19.7. The SMILES string of the molecule is CN1CCN(c2ccc(-c3ccc(SN4C=CC(C(=O)NO)CC4)cc3)cc2)CC1. The molecule has 7 heteroatoms. The second-order valence-corrected chi connectivity index (χ2v) is 8.93. The second kappa shape index (κ2) is 9.55. The molecule has 6 nitrogen and oxygen atoms in total. The first-order chi connectivity index (χ1) is 14.6. The van der Waals surface area contributed by atoms with Crippen molar-refractivity contribution in [1.82, 2.24) is 14.7 Å². The molecular weight excluding hydrogens is 396 g/mol. The number of carbonyl (C=O) groups excluding carboxylic acids is 1. The molecule has 0 bridgehead atoms. The summed E-state index contributed by atoms with van der Waals surface area (Å²) < 4.78 is 2.11. The van der Waals surface area contributed by atoms with E-state index in [-0.39, 0.29) is 11.8 Å². The van der Waals surface area contributed by atoms with Crippen LogP contribution in [-0.4, -0.2) is 60.1 Å². The van der Waals surface area contributed by atoms with Crippen LogP contribution in [0.1, 0.15) is 6.42 Å². The molecule has 1 atom stereocenters. The van der Waals surface area contributed by atoms with Crippen molar-refractivity contribution in [2.45, 2.75) is 11.3 Å². The standard InChI is InChI=1S/C23H28N4O2S/c1-25-14-16-26(17-15-25)21-6-2-18(3-7-21)19-4-8-22(9-5-19)30-27-12-10-20(11-13-27)23(28)24-29/h2-10,12,20,29H,11,13-17H2,1H3,(H,24,28). The molecule has 1 saturated heterocycles. The number of piperazine rings is 1. The Morgan fingerprint density at radius 3 is 2.17 bits per heavy atom. The lowest BCUT2D eigenvalue weighted by molar-refractivity contribution is -0.132. The molecule has 0 radical (unpaired) electrons. The lowest BCUT2D eigenvalue weighted by Gasteiger charge is -2.34. The molecule has 4 rings (SSSR count). The molecule has 30 heavy (non-hydrogen) atoms. The molecule has 0 aliphatic carbocycles. The van der Waals surface area contributed by atoms with Gasteiger partial charge in [-0.1, -0.05) is 30.3 Å². The number of benzene rings is 2. The van der Waals surface area contributed by atoms with Gasteiger partial charge in [0, 0.05) is 49.5 Å². The highest BCUT2D eigenvalue weighted by Crippen LogP contribution is 2.30. The minimum absolute atomic E-state index is 0.261. The lowest BCUT2D eigenvalue weighted by Crippen LogP contribution is -2.44. The Kier molecular flexibility index (Phi) is 6.62. The fourth-order valence-corrected chi connectivity index (χ4v) is 4.64. The minimum atomic E-state index is -0.348. The van der Waals surface area contributed by atoms with E-state index >= 15 is 0 Å². The van der Waals surface area contributed by atoms with Crippen LogP contribution in [0.5, 0.6) is 0 Å². The Hall–Kier alpha value is -2.48. The van der Waals surface area contributed by atoms with Gasteiger partial charge < -0.3 is 14.1 Å². The summed E-state index contributed by atoms with van der Waals surface area (Å²) in [5.74, 6) is -0.609. The summed E-state index contributed by atoms with van der Waals surface area (Å²) in [6.07, 6.45) is 4.44. The number of rotatable bonds is 5. The number of hydrogen-bond acceptors (Lipinski definition) is 6. The first kappa shape index (κ1) is 20.8. The van der Waals surface area contributed by atoms with Crippen LogP contribution in [-0.2, 0) is 4.79 Å². The molecule has 2 aliphatic heterocycles. The molecule has 1 unspecified atom stereocenters. The van der Waals surface area contributed by atoms with E-state index in [9.17, 15) is 4.79 Å². The van der Waals surface area contributed by atoms with Gasteiger partial charge in [-0.25, -0.2) is 5.48 Å². The van der Waals surface area contributed by atoms with E-state index in [4.69, 9.17) is 5.21 Å². The lowest BCUT2D eigenvalue weighted by atomic mass is 10.0. The highest BCUT2D eigenvalue weighted by atomic mass is 32.2. The zero-order chi connectivity index (χ0) is 20.9. The monoisotopic (exact) mass is 424 g/mol. The number of hydrogen-bond donors (Lipinski definition) is 2. The number of nitrogens with one attached hydrogen (secondary N) is 1. The van der Waals surface area contributed by atoms with Crippen LogP contribution in [0.4, 0.5) is 5.69 Å². The fourth-order valence-electron chi connectivity index (χ4n) is 3.79. The first-order valence-corrected chi connectivity index (χ1v) is 11.1. The third-order valence-electron chi connectivity index (χ3n) is 5.74. The summed E-state index contributed by atoms with van der Waals surface area (Å²) in [5, 5.41) is 8.74.